The predicted octanol–water partition coefficient (Wildman–Crippen LogP) is 2.97. The van der Waals surface area contributed by atoms with E-state index in [4.69, 9.17) is 14.6 Å². The van der Waals surface area contributed by atoms with Gasteiger partial charge < -0.3 is 19.3 Å². The summed E-state index contributed by atoms with van der Waals surface area (Å²) < 4.78 is 15.5. The summed E-state index contributed by atoms with van der Waals surface area (Å²) in [6, 6.07) is 5.06. The van der Waals surface area contributed by atoms with E-state index in [1.54, 1.807) is 49.4 Å². The minimum Gasteiger partial charge on any atom is -0.486 e. The van der Waals surface area contributed by atoms with Crippen molar-refractivity contribution in [1.82, 2.24) is 0 Å². The maximum absolute atomic E-state index is 12.3. The van der Waals surface area contributed by atoms with E-state index < -0.39 is 0 Å². The van der Waals surface area contributed by atoms with Gasteiger partial charge in [0.1, 0.15) is 13.2 Å². The maximum Gasteiger partial charge on any atom is 0.185 e. The Morgan fingerprint density at radius 1 is 1.12 bits per heavy atom. The number of carbonyl (C=O) groups excluding carboxylic acids is 2. The minimum absolute atomic E-state index is 0.0869. The quantitative estimate of drug-likeness (QED) is 0.240. The van der Waals surface area contributed by atoms with Gasteiger partial charge in [-0.25, -0.2) is 0 Å². The third kappa shape index (κ3) is 5.89. The number of aliphatic hydroxyl groups is 1. The molecule has 0 radical (unpaired) electrons. The van der Waals surface area contributed by atoms with E-state index in [0.717, 1.165) is 0 Å². The second kappa shape index (κ2) is 10.2. The number of fused-ring (bicyclic) bond motifs is 1. The van der Waals surface area contributed by atoms with Crippen LogP contribution in [0, 0.1) is 0 Å². The topological polar surface area (TPSA) is 82.1 Å². The number of hydrogen-bond donors (Lipinski definition) is 1. The SMILES string of the molecule is C\C(=C/C=C\C=C\OCO)C(=O)CCC(=O)c1ccc2c(c1)OCCO2. The molecule has 1 aliphatic heterocycles. The van der Waals surface area contributed by atoms with Crippen LogP contribution in [0.5, 0.6) is 11.5 Å². The van der Waals surface area contributed by atoms with Crippen molar-refractivity contribution in [3.05, 3.63) is 59.9 Å². The Hall–Kier alpha value is -2.86. The second-order valence-corrected chi connectivity index (χ2v) is 5.56. The van der Waals surface area contributed by atoms with Crippen LogP contribution in [0.2, 0.25) is 0 Å². The molecule has 1 heterocycles. The zero-order valence-corrected chi connectivity index (χ0v) is 14.6. The molecule has 6 heteroatoms. The van der Waals surface area contributed by atoms with E-state index in [0.29, 0.717) is 35.8 Å². The van der Waals surface area contributed by atoms with Gasteiger partial charge in [-0.1, -0.05) is 18.2 Å². The van der Waals surface area contributed by atoms with Gasteiger partial charge in [0.25, 0.3) is 0 Å². The fourth-order valence-electron chi connectivity index (χ4n) is 2.29. The summed E-state index contributed by atoms with van der Waals surface area (Å²) in [5.41, 5.74) is 1.07. The van der Waals surface area contributed by atoms with E-state index in [2.05, 4.69) is 4.74 Å². The Morgan fingerprint density at radius 2 is 1.88 bits per heavy atom. The van der Waals surface area contributed by atoms with Gasteiger partial charge in [0.2, 0.25) is 0 Å². The fraction of sp³-hybridized carbons (Fsp3) is 0.300. The van der Waals surface area contributed by atoms with Crippen LogP contribution in [0.3, 0.4) is 0 Å². The lowest BCUT2D eigenvalue weighted by Gasteiger charge is -2.18. The Kier molecular flexibility index (Phi) is 7.64. The molecule has 0 spiro atoms. The molecular weight excluding hydrogens is 336 g/mol. The smallest absolute Gasteiger partial charge is 0.185 e. The maximum atomic E-state index is 12.3. The van der Waals surface area contributed by atoms with Crippen LogP contribution in [0.4, 0.5) is 0 Å². The van der Waals surface area contributed by atoms with Crippen molar-refractivity contribution in [2.45, 2.75) is 19.8 Å². The molecule has 26 heavy (non-hydrogen) atoms. The van der Waals surface area contributed by atoms with Gasteiger partial charge in [-0.3, -0.25) is 9.59 Å². The highest BCUT2D eigenvalue weighted by atomic mass is 16.6. The van der Waals surface area contributed by atoms with Gasteiger partial charge >= 0.3 is 0 Å². The fourth-order valence-corrected chi connectivity index (χ4v) is 2.29. The molecular formula is C20H22O6. The number of benzene rings is 1. The summed E-state index contributed by atoms with van der Waals surface area (Å²) in [6.45, 7) is 2.28. The summed E-state index contributed by atoms with van der Waals surface area (Å²) in [4.78, 5) is 24.4. The normalized spacial score (nSPS) is 14.0. The summed E-state index contributed by atoms with van der Waals surface area (Å²) in [5.74, 6) is 1.000. The number of ether oxygens (including phenoxy) is 3. The summed E-state index contributed by atoms with van der Waals surface area (Å²) in [5, 5.41) is 8.43. The van der Waals surface area contributed by atoms with Crippen LogP contribution in [-0.4, -0.2) is 36.7 Å². The Morgan fingerprint density at radius 3 is 2.65 bits per heavy atom. The molecule has 0 atom stereocenters. The molecule has 0 unspecified atom stereocenters. The first kappa shape index (κ1) is 19.5. The molecule has 2 rings (SSSR count). The molecule has 1 aromatic rings. The molecule has 138 valence electrons. The standard InChI is InChI=1S/C20H22O6/c1-15(5-3-2-4-10-24-14-21)17(22)7-8-18(23)16-6-9-19-20(13-16)26-12-11-25-19/h2-6,9-10,13,21H,7-8,11-12,14H2,1H3/b3-2-,10-4+,15-5+. The van der Waals surface area contributed by atoms with Crippen molar-refractivity contribution in [3.63, 3.8) is 0 Å². The lowest BCUT2D eigenvalue weighted by molar-refractivity contribution is -0.115. The van der Waals surface area contributed by atoms with Crippen molar-refractivity contribution in [2.24, 2.45) is 0 Å². The number of Topliss-reactive ketones (excluding diaryl/α,β-unsaturated/α-hetero) is 2. The number of aliphatic hydroxyl groups excluding tert-OH is 1. The summed E-state index contributed by atoms with van der Waals surface area (Å²) in [7, 11) is 0. The highest BCUT2D eigenvalue weighted by molar-refractivity contribution is 6.02. The van der Waals surface area contributed by atoms with Gasteiger partial charge in [0, 0.05) is 18.4 Å². The molecule has 1 aromatic carbocycles. The van der Waals surface area contributed by atoms with Gasteiger partial charge in [0.15, 0.2) is 29.9 Å². The van der Waals surface area contributed by atoms with Crippen molar-refractivity contribution < 1.29 is 28.9 Å². The zero-order valence-electron chi connectivity index (χ0n) is 14.6. The third-order valence-electron chi connectivity index (χ3n) is 3.70. The molecule has 1 aliphatic rings. The predicted molar refractivity (Wildman–Crippen MR) is 96.2 cm³/mol. The molecule has 0 bridgehead atoms. The number of carbonyl (C=O) groups is 2. The lowest BCUT2D eigenvalue weighted by atomic mass is 10.0. The first-order valence-corrected chi connectivity index (χ1v) is 8.30. The Balaban J connectivity index is 1.85. The molecule has 0 saturated carbocycles. The first-order valence-electron chi connectivity index (χ1n) is 8.30. The van der Waals surface area contributed by atoms with Crippen molar-refractivity contribution in [2.75, 3.05) is 20.0 Å². The number of ketones is 2. The van der Waals surface area contributed by atoms with E-state index in [1.165, 1.54) is 6.26 Å². The number of rotatable bonds is 9. The molecule has 1 N–H and O–H groups in total. The van der Waals surface area contributed by atoms with E-state index in [9.17, 15) is 9.59 Å². The van der Waals surface area contributed by atoms with Gasteiger partial charge in [-0.2, -0.15) is 0 Å². The highest BCUT2D eigenvalue weighted by Gasteiger charge is 2.16. The van der Waals surface area contributed by atoms with E-state index in [1.807, 2.05) is 0 Å². The van der Waals surface area contributed by atoms with Crippen LogP contribution in [0.15, 0.2) is 54.3 Å². The minimum atomic E-state index is -0.380. The molecule has 0 aromatic heterocycles. The van der Waals surface area contributed by atoms with Crippen molar-refractivity contribution in [3.8, 4) is 11.5 Å². The zero-order chi connectivity index (χ0) is 18.8. The summed E-state index contributed by atoms with van der Waals surface area (Å²) in [6.07, 6.45) is 8.24. The Labute approximate surface area is 152 Å². The molecule has 0 saturated heterocycles. The van der Waals surface area contributed by atoms with Gasteiger partial charge in [-0.15, -0.1) is 0 Å². The Bertz CT molecular complexity index is 730. The molecule has 6 nitrogen and oxygen atoms in total. The van der Waals surface area contributed by atoms with Gasteiger partial charge in [0.05, 0.1) is 6.26 Å². The monoisotopic (exact) mass is 358 g/mol. The largest absolute Gasteiger partial charge is 0.486 e. The van der Waals surface area contributed by atoms with Crippen LogP contribution in [0.25, 0.3) is 0 Å². The van der Waals surface area contributed by atoms with E-state index >= 15 is 0 Å². The summed E-state index contributed by atoms with van der Waals surface area (Å²) >= 11 is 0. The van der Waals surface area contributed by atoms with E-state index in [-0.39, 0.29) is 31.2 Å². The van der Waals surface area contributed by atoms with Crippen LogP contribution >= 0.6 is 0 Å². The third-order valence-corrected chi connectivity index (χ3v) is 3.70. The van der Waals surface area contributed by atoms with Crippen molar-refractivity contribution >= 4 is 11.6 Å². The van der Waals surface area contributed by atoms with Crippen LogP contribution < -0.4 is 9.47 Å². The average molecular weight is 358 g/mol. The lowest BCUT2D eigenvalue weighted by Crippen LogP contribution is -2.16. The van der Waals surface area contributed by atoms with Crippen LogP contribution in [-0.2, 0) is 9.53 Å². The van der Waals surface area contributed by atoms with Gasteiger partial charge in [-0.05, 0) is 36.8 Å². The van der Waals surface area contributed by atoms with Crippen LogP contribution in [0.1, 0.15) is 30.1 Å². The average Bonchev–Trinajstić information content (AvgIpc) is 2.67. The second-order valence-electron chi connectivity index (χ2n) is 5.56. The van der Waals surface area contributed by atoms with Crippen molar-refractivity contribution in [1.29, 1.82) is 0 Å². The highest BCUT2D eigenvalue weighted by Crippen LogP contribution is 2.31. The first-order chi connectivity index (χ1) is 12.6. The molecule has 0 aliphatic carbocycles. The molecule has 0 amide bonds. The number of hydrogen-bond acceptors (Lipinski definition) is 6. The number of allylic oxidation sites excluding steroid dienone is 5. The molecule has 0 fully saturated rings.